The lowest BCUT2D eigenvalue weighted by Gasteiger charge is -2.22. The van der Waals surface area contributed by atoms with Gasteiger partial charge in [-0.15, -0.1) is 0 Å². The normalized spacial score (nSPS) is 20.7. The molecular formula is C18H25NO4. The first-order valence-corrected chi connectivity index (χ1v) is 8.30. The first-order valence-electron chi connectivity index (χ1n) is 8.30. The molecule has 0 unspecified atom stereocenters. The molecule has 126 valence electrons. The summed E-state index contributed by atoms with van der Waals surface area (Å²) in [5.41, 5.74) is 0.125. The molecule has 2 N–H and O–H groups in total. The number of rotatable bonds is 5. The van der Waals surface area contributed by atoms with Gasteiger partial charge in [0.05, 0.1) is 5.60 Å². The highest BCUT2D eigenvalue weighted by Crippen LogP contribution is 2.41. The number of fused-ring (bicyclic) bond motifs is 1. The zero-order valence-corrected chi connectivity index (χ0v) is 13.9. The summed E-state index contributed by atoms with van der Waals surface area (Å²) in [6.07, 6.45) is 4.38. The summed E-state index contributed by atoms with van der Waals surface area (Å²) in [5, 5.41) is 13.0. The van der Waals surface area contributed by atoms with E-state index < -0.39 is 5.60 Å². The van der Waals surface area contributed by atoms with Crippen molar-refractivity contribution in [3.05, 3.63) is 23.8 Å². The second-order valence-corrected chi connectivity index (χ2v) is 7.28. The van der Waals surface area contributed by atoms with Crippen LogP contribution >= 0.6 is 0 Å². The van der Waals surface area contributed by atoms with Gasteiger partial charge in [-0.25, -0.2) is 0 Å². The van der Waals surface area contributed by atoms with Crippen LogP contribution in [-0.4, -0.2) is 35.4 Å². The van der Waals surface area contributed by atoms with Crippen molar-refractivity contribution in [2.45, 2.75) is 57.2 Å². The Kier molecular flexibility index (Phi) is 4.23. The molecule has 1 saturated carbocycles. The first-order chi connectivity index (χ1) is 10.9. The molecule has 2 aliphatic rings. The van der Waals surface area contributed by atoms with Crippen molar-refractivity contribution < 1.29 is 19.4 Å². The van der Waals surface area contributed by atoms with Crippen LogP contribution < -0.4 is 14.8 Å². The Labute approximate surface area is 137 Å². The van der Waals surface area contributed by atoms with E-state index in [1.54, 1.807) is 0 Å². The topological polar surface area (TPSA) is 67.8 Å². The van der Waals surface area contributed by atoms with Gasteiger partial charge in [0.2, 0.25) is 0 Å². The Hall–Kier alpha value is -1.75. The minimum Gasteiger partial charge on any atom is -0.483 e. The fourth-order valence-corrected chi connectivity index (χ4v) is 3.37. The van der Waals surface area contributed by atoms with Crippen LogP contribution in [0.15, 0.2) is 18.2 Å². The van der Waals surface area contributed by atoms with Crippen LogP contribution in [0.2, 0.25) is 0 Å². The molecule has 0 atom stereocenters. The van der Waals surface area contributed by atoms with E-state index in [9.17, 15) is 9.90 Å². The quantitative estimate of drug-likeness (QED) is 0.873. The molecule has 1 aromatic rings. The van der Waals surface area contributed by atoms with Crippen LogP contribution in [0.1, 0.15) is 45.1 Å². The highest BCUT2D eigenvalue weighted by atomic mass is 16.5. The highest BCUT2D eigenvalue weighted by Gasteiger charge is 2.33. The lowest BCUT2D eigenvalue weighted by atomic mass is 10.0. The van der Waals surface area contributed by atoms with E-state index in [0.717, 1.165) is 43.4 Å². The summed E-state index contributed by atoms with van der Waals surface area (Å²) >= 11 is 0. The van der Waals surface area contributed by atoms with E-state index in [1.165, 1.54) is 0 Å². The standard InChI is InChI=1S/C18H25NO4/c1-17(2)10-13-6-5-7-14(16(13)23-17)22-11-15(20)19-12-18(21)8-3-4-9-18/h5-7,21H,3-4,8-12H2,1-2H3,(H,19,20). The van der Waals surface area contributed by atoms with Crippen molar-refractivity contribution >= 4 is 5.91 Å². The second-order valence-electron chi connectivity index (χ2n) is 7.28. The molecule has 1 heterocycles. The third-order valence-electron chi connectivity index (χ3n) is 4.56. The fraction of sp³-hybridized carbons (Fsp3) is 0.611. The summed E-state index contributed by atoms with van der Waals surface area (Å²) in [4.78, 5) is 12.0. The average molecular weight is 319 g/mol. The number of hydrogen-bond donors (Lipinski definition) is 2. The van der Waals surface area contributed by atoms with Gasteiger partial charge in [0.25, 0.3) is 5.91 Å². The van der Waals surface area contributed by atoms with Crippen molar-refractivity contribution in [1.29, 1.82) is 0 Å². The molecule has 0 radical (unpaired) electrons. The smallest absolute Gasteiger partial charge is 0.258 e. The summed E-state index contributed by atoms with van der Waals surface area (Å²) in [5.74, 6) is 1.11. The monoisotopic (exact) mass is 319 g/mol. The number of carbonyl (C=O) groups is 1. The van der Waals surface area contributed by atoms with Crippen LogP contribution in [0, 0.1) is 0 Å². The fourth-order valence-electron chi connectivity index (χ4n) is 3.37. The predicted molar refractivity (Wildman–Crippen MR) is 86.8 cm³/mol. The van der Waals surface area contributed by atoms with Gasteiger partial charge >= 0.3 is 0 Å². The van der Waals surface area contributed by atoms with Gasteiger partial charge in [-0.2, -0.15) is 0 Å². The molecule has 0 spiro atoms. The van der Waals surface area contributed by atoms with E-state index in [4.69, 9.17) is 9.47 Å². The largest absolute Gasteiger partial charge is 0.483 e. The Morgan fingerprint density at radius 2 is 2.09 bits per heavy atom. The Morgan fingerprint density at radius 3 is 2.83 bits per heavy atom. The number of amides is 1. The number of aliphatic hydroxyl groups is 1. The van der Waals surface area contributed by atoms with Gasteiger partial charge in [-0.05, 0) is 32.8 Å². The zero-order chi connectivity index (χ0) is 16.5. The van der Waals surface area contributed by atoms with Crippen LogP contribution in [0.4, 0.5) is 0 Å². The SMILES string of the molecule is CC1(C)Cc2cccc(OCC(=O)NCC3(O)CCCC3)c2O1. The molecule has 0 saturated heterocycles. The number of hydrogen-bond acceptors (Lipinski definition) is 4. The summed E-state index contributed by atoms with van der Waals surface area (Å²) < 4.78 is 11.6. The van der Waals surface area contributed by atoms with E-state index >= 15 is 0 Å². The van der Waals surface area contributed by atoms with E-state index in [1.807, 2.05) is 32.0 Å². The third-order valence-corrected chi connectivity index (χ3v) is 4.56. The molecule has 5 nitrogen and oxygen atoms in total. The molecule has 1 fully saturated rings. The predicted octanol–water partition coefficient (Wildman–Crippen LogP) is 2.20. The van der Waals surface area contributed by atoms with Crippen LogP contribution in [0.25, 0.3) is 0 Å². The maximum absolute atomic E-state index is 12.0. The van der Waals surface area contributed by atoms with Crippen molar-refractivity contribution in [2.24, 2.45) is 0 Å². The maximum Gasteiger partial charge on any atom is 0.258 e. The number of nitrogens with one attached hydrogen (secondary N) is 1. The molecule has 0 bridgehead atoms. The Bertz CT molecular complexity index is 591. The molecule has 5 heteroatoms. The minimum absolute atomic E-state index is 0.0731. The van der Waals surface area contributed by atoms with Crippen LogP contribution in [-0.2, 0) is 11.2 Å². The zero-order valence-electron chi connectivity index (χ0n) is 13.9. The van der Waals surface area contributed by atoms with Crippen molar-refractivity contribution in [1.82, 2.24) is 5.32 Å². The minimum atomic E-state index is -0.739. The van der Waals surface area contributed by atoms with Gasteiger partial charge < -0.3 is 19.9 Å². The van der Waals surface area contributed by atoms with E-state index in [-0.39, 0.29) is 18.1 Å². The lowest BCUT2D eigenvalue weighted by Crippen LogP contribution is -2.42. The van der Waals surface area contributed by atoms with Gasteiger partial charge in [-0.3, -0.25) is 4.79 Å². The van der Waals surface area contributed by atoms with Crippen molar-refractivity contribution in [3.63, 3.8) is 0 Å². The molecule has 0 aromatic heterocycles. The first kappa shape index (κ1) is 16.1. The number of ether oxygens (including phenoxy) is 2. The summed E-state index contributed by atoms with van der Waals surface area (Å²) in [7, 11) is 0. The van der Waals surface area contributed by atoms with Crippen LogP contribution in [0.3, 0.4) is 0 Å². The van der Waals surface area contributed by atoms with E-state index in [2.05, 4.69) is 5.32 Å². The number of carbonyl (C=O) groups excluding carboxylic acids is 1. The van der Waals surface area contributed by atoms with Crippen molar-refractivity contribution in [2.75, 3.05) is 13.2 Å². The molecule has 1 amide bonds. The summed E-state index contributed by atoms with van der Waals surface area (Å²) in [6, 6.07) is 5.75. The molecule has 1 aliphatic carbocycles. The second kappa shape index (κ2) is 6.04. The van der Waals surface area contributed by atoms with Crippen LogP contribution in [0.5, 0.6) is 11.5 Å². The third kappa shape index (κ3) is 3.78. The van der Waals surface area contributed by atoms with Gasteiger partial charge in [0.1, 0.15) is 5.60 Å². The summed E-state index contributed by atoms with van der Waals surface area (Å²) in [6.45, 7) is 4.29. The highest BCUT2D eigenvalue weighted by molar-refractivity contribution is 5.77. The molecule has 3 rings (SSSR count). The average Bonchev–Trinajstić information content (AvgIpc) is 3.05. The van der Waals surface area contributed by atoms with Crippen molar-refractivity contribution in [3.8, 4) is 11.5 Å². The Morgan fingerprint density at radius 1 is 1.35 bits per heavy atom. The maximum atomic E-state index is 12.0. The van der Waals surface area contributed by atoms with E-state index in [0.29, 0.717) is 12.3 Å². The molecule has 1 aromatic carbocycles. The Balaban J connectivity index is 1.53. The molecular weight excluding hydrogens is 294 g/mol. The van der Waals surface area contributed by atoms with Gasteiger partial charge in [0, 0.05) is 18.5 Å². The molecule has 23 heavy (non-hydrogen) atoms. The molecule has 1 aliphatic heterocycles. The van der Waals surface area contributed by atoms with Gasteiger partial charge in [0.15, 0.2) is 18.1 Å². The lowest BCUT2D eigenvalue weighted by molar-refractivity contribution is -0.124. The van der Waals surface area contributed by atoms with Gasteiger partial charge in [-0.1, -0.05) is 25.0 Å². The number of benzene rings is 1. The number of para-hydroxylation sites is 1.